The minimum atomic E-state index is -0.225. The van der Waals surface area contributed by atoms with E-state index in [1.165, 1.54) is 10.5 Å². The Balaban J connectivity index is 1.46. The first-order valence-corrected chi connectivity index (χ1v) is 9.60. The summed E-state index contributed by atoms with van der Waals surface area (Å²) in [6, 6.07) is 15.2. The van der Waals surface area contributed by atoms with Crippen molar-refractivity contribution in [1.82, 2.24) is 0 Å². The van der Waals surface area contributed by atoms with Crippen LogP contribution in [-0.4, -0.2) is 30.8 Å². The van der Waals surface area contributed by atoms with E-state index in [9.17, 15) is 14.4 Å². The monoisotopic (exact) mass is 377 g/mol. The smallest absolute Gasteiger partial charge is 0.244 e. The second kappa shape index (κ2) is 7.46. The molecular weight excluding hydrogens is 354 g/mol. The molecule has 2 aliphatic heterocycles. The van der Waals surface area contributed by atoms with Gasteiger partial charge in [0.2, 0.25) is 17.7 Å². The molecule has 4 rings (SSSR count). The van der Waals surface area contributed by atoms with Gasteiger partial charge in [0.1, 0.15) is 6.54 Å². The first-order chi connectivity index (χ1) is 13.5. The zero-order valence-electron chi connectivity index (χ0n) is 15.9. The lowest BCUT2D eigenvalue weighted by atomic mass is 9.93. The zero-order valence-corrected chi connectivity index (χ0v) is 15.9. The number of anilines is 3. The van der Waals surface area contributed by atoms with E-state index in [0.717, 1.165) is 12.1 Å². The van der Waals surface area contributed by atoms with Crippen molar-refractivity contribution in [2.75, 3.05) is 28.2 Å². The summed E-state index contributed by atoms with van der Waals surface area (Å²) < 4.78 is 0. The molecule has 0 spiro atoms. The Morgan fingerprint density at radius 3 is 2.39 bits per heavy atom. The lowest BCUT2D eigenvalue weighted by molar-refractivity contribution is -0.124. The minimum Gasteiger partial charge on any atom is -0.323 e. The Bertz CT molecular complexity index is 940. The van der Waals surface area contributed by atoms with E-state index in [2.05, 4.69) is 18.3 Å². The molecule has 0 fully saturated rings. The maximum absolute atomic E-state index is 12.9. The number of carbonyl (C=O) groups excluding carboxylic acids is 3. The van der Waals surface area contributed by atoms with E-state index >= 15 is 0 Å². The minimum absolute atomic E-state index is 0.0202. The van der Waals surface area contributed by atoms with Crippen LogP contribution in [0.15, 0.2) is 48.5 Å². The van der Waals surface area contributed by atoms with Crippen LogP contribution in [0.5, 0.6) is 0 Å². The van der Waals surface area contributed by atoms with Gasteiger partial charge in [-0.2, -0.15) is 0 Å². The van der Waals surface area contributed by atoms with Crippen molar-refractivity contribution in [3.63, 3.8) is 0 Å². The Labute approximate surface area is 164 Å². The number of nitrogens with one attached hydrogen (secondary N) is 1. The maximum Gasteiger partial charge on any atom is 0.244 e. The summed E-state index contributed by atoms with van der Waals surface area (Å²) in [7, 11) is 0. The third-order valence-corrected chi connectivity index (χ3v) is 5.27. The Morgan fingerprint density at radius 1 is 0.964 bits per heavy atom. The number of fused-ring (bicyclic) bond motifs is 2. The molecule has 0 bridgehead atoms. The number of carbonyl (C=O) groups is 3. The maximum atomic E-state index is 12.9. The van der Waals surface area contributed by atoms with E-state index in [0.29, 0.717) is 23.8 Å². The van der Waals surface area contributed by atoms with Crippen molar-refractivity contribution in [1.29, 1.82) is 0 Å². The second-order valence-electron chi connectivity index (χ2n) is 7.49. The Morgan fingerprint density at radius 2 is 1.61 bits per heavy atom. The van der Waals surface area contributed by atoms with Gasteiger partial charge in [0.05, 0.1) is 11.4 Å². The van der Waals surface area contributed by atoms with Crippen LogP contribution in [0.2, 0.25) is 0 Å². The van der Waals surface area contributed by atoms with Crippen LogP contribution in [0.3, 0.4) is 0 Å². The van der Waals surface area contributed by atoms with Crippen molar-refractivity contribution in [3.05, 3.63) is 54.1 Å². The van der Waals surface area contributed by atoms with Crippen molar-refractivity contribution < 1.29 is 14.4 Å². The molecule has 28 heavy (non-hydrogen) atoms. The average Bonchev–Trinajstić information content (AvgIpc) is 2.70. The fourth-order valence-electron chi connectivity index (χ4n) is 3.97. The largest absolute Gasteiger partial charge is 0.323 e. The molecule has 0 saturated heterocycles. The summed E-state index contributed by atoms with van der Waals surface area (Å²) in [5.74, 6) is -0.111. The van der Waals surface area contributed by atoms with Crippen LogP contribution in [-0.2, 0) is 20.8 Å². The molecule has 144 valence electrons. The average molecular weight is 377 g/mol. The predicted octanol–water partition coefficient (Wildman–Crippen LogP) is 2.98. The highest BCUT2D eigenvalue weighted by atomic mass is 16.2. The molecule has 0 aromatic heterocycles. The molecule has 0 saturated carbocycles. The highest BCUT2D eigenvalue weighted by Gasteiger charge is 2.29. The van der Waals surface area contributed by atoms with Gasteiger partial charge in [0, 0.05) is 25.1 Å². The van der Waals surface area contributed by atoms with Crippen molar-refractivity contribution in [3.8, 4) is 0 Å². The van der Waals surface area contributed by atoms with Gasteiger partial charge < -0.3 is 15.1 Å². The Kier molecular flexibility index (Phi) is 4.86. The molecule has 1 unspecified atom stereocenters. The van der Waals surface area contributed by atoms with Gasteiger partial charge in [-0.05, 0) is 36.1 Å². The van der Waals surface area contributed by atoms with E-state index in [-0.39, 0.29) is 37.1 Å². The molecule has 2 heterocycles. The lowest BCUT2D eigenvalue weighted by Gasteiger charge is -2.33. The van der Waals surface area contributed by atoms with E-state index in [4.69, 9.17) is 0 Å². The highest BCUT2D eigenvalue weighted by molar-refractivity contribution is 6.10. The normalized spacial score (nSPS) is 18.2. The third kappa shape index (κ3) is 3.50. The van der Waals surface area contributed by atoms with Crippen molar-refractivity contribution in [2.45, 2.75) is 26.2 Å². The number of amides is 3. The number of nitrogens with zero attached hydrogens (tertiary/aromatic N) is 2. The van der Waals surface area contributed by atoms with Crippen LogP contribution in [0.4, 0.5) is 17.1 Å². The number of hydrogen-bond acceptors (Lipinski definition) is 3. The molecule has 1 atom stereocenters. The summed E-state index contributed by atoms with van der Waals surface area (Å²) in [5, 5.41) is 2.77. The summed E-state index contributed by atoms with van der Waals surface area (Å²) >= 11 is 0. The molecule has 3 amide bonds. The quantitative estimate of drug-likeness (QED) is 0.894. The zero-order chi connectivity index (χ0) is 19.7. The van der Waals surface area contributed by atoms with Gasteiger partial charge in [-0.1, -0.05) is 37.3 Å². The van der Waals surface area contributed by atoms with Crippen LogP contribution in [0.25, 0.3) is 0 Å². The van der Waals surface area contributed by atoms with Gasteiger partial charge in [-0.25, -0.2) is 0 Å². The van der Waals surface area contributed by atoms with E-state index in [1.807, 2.05) is 30.3 Å². The van der Waals surface area contributed by atoms with E-state index in [1.54, 1.807) is 17.0 Å². The van der Waals surface area contributed by atoms with Crippen LogP contribution in [0.1, 0.15) is 25.3 Å². The molecule has 2 aliphatic rings. The standard InChI is InChI=1S/C22H23N3O3/c1-15-12-16-6-2-4-8-18(16)24(13-15)21(27)10-11-22(28)25-14-20(26)23-17-7-3-5-9-19(17)25/h2-9,15H,10-14H2,1H3,(H,23,26). The molecular formula is C22H23N3O3. The van der Waals surface area contributed by atoms with Gasteiger partial charge in [-0.3, -0.25) is 14.4 Å². The summed E-state index contributed by atoms with van der Waals surface area (Å²) in [6.07, 6.45) is 1.16. The van der Waals surface area contributed by atoms with Crippen LogP contribution >= 0.6 is 0 Å². The summed E-state index contributed by atoms with van der Waals surface area (Å²) in [4.78, 5) is 40.8. The summed E-state index contributed by atoms with van der Waals surface area (Å²) in [5.41, 5.74) is 3.41. The number of para-hydroxylation sites is 3. The third-order valence-electron chi connectivity index (χ3n) is 5.27. The molecule has 0 radical (unpaired) electrons. The van der Waals surface area contributed by atoms with Crippen LogP contribution in [0, 0.1) is 5.92 Å². The number of rotatable bonds is 3. The fraction of sp³-hybridized carbons (Fsp3) is 0.318. The molecule has 6 heteroatoms. The highest BCUT2D eigenvalue weighted by Crippen LogP contribution is 2.31. The molecule has 1 N–H and O–H groups in total. The lowest BCUT2D eigenvalue weighted by Crippen LogP contribution is -2.43. The molecule has 6 nitrogen and oxygen atoms in total. The SMILES string of the molecule is CC1Cc2ccccc2N(C(=O)CCC(=O)N2CC(=O)Nc3ccccc32)C1. The molecule has 0 aliphatic carbocycles. The van der Waals surface area contributed by atoms with Gasteiger partial charge in [0.25, 0.3) is 0 Å². The fourth-order valence-corrected chi connectivity index (χ4v) is 3.97. The molecule has 2 aromatic rings. The number of benzene rings is 2. The number of hydrogen-bond donors (Lipinski definition) is 1. The van der Waals surface area contributed by atoms with E-state index < -0.39 is 0 Å². The van der Waals surface area contributed by atoms with Crippen molar-refractivity contribution >= 4 is 34.8 Å². The first-order valence-electron chi connectivity index (χ1n) is 9.60. The predicted molar refractivity (Wildman–Crippen MR) is 108 cm³/mol. The van der Waals surface area contributed by atoms with Gasteiger partial charge in [0.15, 0.2) is 0 Å². The first kappa shape index (κ1) is 18.2. The second-order valence-corrected chi connectivity index (χ2v) is 7.49. The molecule has 2 aromatic carbocycles. The van der Waals surface area contributed by atoms with Gasteiger partial charge >= 0.3 is 0 Å². The van der Waals surface area contributed by atoms with Crippen LogP contribution < -0.4 is 15.1 Å². The summed E-state index contributed by atoms with van der Waals surface area (Å²) in [6.45, 7) is 2.78. The topological polar surface area (TPSA) is 69.7 Å². The van der Waals surface area contributed by atoms with Gasteiger partial charge in [-0.15, -0.1) is 0 Å². The Hall–Kier alpha value is -3.15. The van der Waals surface area contributed by atoms with Crippen molar-refractivity contribution in [2.24, 2.45) is 5.92 Å².